The summed E-state index contributed by atoms with van der Waals surface area (Å²) in [5.74, 6) is -0.535. The van der Waals surface area contributed by atoms with Crippen molar-refractivity contribution in [3.63, 3.8) is 0 Å². The standard InChI is InChI=1S/C6H10O3S/c1-4(2)6(8)9-10-5(3)7/h4H,1-3H3. The van der Waals surface area contributed by atoms with Crippen LogP contribution in [0.15, 0.2) is 0 Å². The van der Waals surface area contributed by atoms with Gasteiger partial charge in [-0.05, 0) is 0 Å². The molecular formula is C6H10O3S. The Morgan fingerprint density at radius 3 is 2.20 bits per heavy atom. The molecule has 0 aliphatic heterocycles. The number of hydrogen-bond donors (Lipinski definition) is 0. The van der Waals surface area contributed by atoms with Gasteiger partial charge in [-0.2, -0.15) is 0 Å². The molecule has 0 aromatic rings. The average molecular weight is 162 g/mol. The third-order valence-corrected chi connectivity index (χ3v) is 1.19. The lowest BCUT2D eigenvalue weighted by atomic mass is 10.2. The first kappa shape index (κ1) is 9.49. The summed E-state index contributed by atoms with van der Waals surface area (Å²) >= 11 is 0.579. The fourth-order valence-corrected chi connectivity index (χ4v) is 0.588. The molecule has 0 aromatic heterocycles. The van der Waals surface area contributed by atoms with E-state index in [2.05, 4.69) is 4.18 Å². The molecule has 0 unspecified atom stereocenters. The molecule has 0 spiro atoms. The summed E-state index contributed by atoms with van der Waals surface area (Å²) in [7, 11) is 0. The van der Waals surface area contributed by atoms with Gasteiger partial charge in [0.15, 0.2) is 0 Å². The van der Waals surface area contributed by atoms with Gasteiger partial charge in [-0.25, -0.2) is 0 Å². The van der Waals surface area contributed by atoms with Gasteiger partial charge in [-0.15, -0.1) is 0 Å². The largest absolute Gasteiger partial charge is 0.383 e. The second-order valence-electron chi connectivity index (χ2n) is 2.13. The summed E-state index contributed by atoms with van der Waals surface area (Å²) in [6, 6.07) is 0. The highest BCUT2D eigenvalue weighted by Crippen LogP contribution is 2.07. The summed E-state index contributed by atoms with van der Waals surface area (Å²) in [4.78, 5) is 20.9. The van der Waals surface area contributed by atoms with Crippen LogP contribution >= 0.6 is 12.0 Å². The van der Waals surface area contributed by atoms with Crippen molar-refractivity contribution >= 4 is 23.1 Å². The maximum atomic E-state index is 10.7. The van der Waals surface area contributed by atoms with Crippen molar-refractivity contribution in [2.45, 2.75) is 20.8 Å². The third-order valence-electron chi connectivity index (χ3n) is 0.713. The van der Waals surface area contributed by atoms with Crippen LogP contribution in [0.5, 0.6) is 0 Å². The molecule has 0 saturated heterocycles. The zero-order chi connectivity index (χ0) is 8.15. The lowest BCUT2D eigenvalue weighted by molar-refractivity contribution is -0.136. The SMILES string of the molecule is CC(=O)SOC(=O)C(C)C. The highest BCUT2D eigenvalue weighted by molar-refractivity contribution is 8.09. The molecule has 0 saturated carbocycles. The Bertz CT molecular complexity index is 142. The second kappa shape index (κ2) is 4.33. The summed E-state index contributed by atoms with van der Waals surface area (Å²) < 4.78 is 4.49. The van der Waals surface area contributed by atoms with Crippen LogP contribution in [-0.2, 0) is 13.8 Å². The zero-order valence-electron chi connectivity index (χ0n) is 6.21. The van der Waals surface area contributed by atoms with E-state index in [4.69, 9.17) is 0 Å². The summed E-state index contributed by atoms with van der Waals surface area (Å²) in [5, 5.41) is -0.214. The van der Waals surface area contributed by atoms with E-state index in [9.17, 15) is 9.59 Å². The lowest BCUT2D eigenvalue weighted by Crippen LogP contribution is -2.08. The van der Waals surface area contributed by atoms with Gasteiger partial charge in [0.1, 0.15) is 12.0 Å². The maximum Gasteiger partial charge on any atom is 0.320 e. The topological polar surface area (TPSA) is 43.4 Å². The van der Waals surface area contributed by atoms with Gasteiger partial charge in [-0.3, -0.25) is 9.59 Å². The summed E-state index contributed by atoms with van der Waals surface area (Å²) in [6.07, 6.45) is 0. The van der Waals surface area contributed by atoms with Crippen molar-refractivity contribution in [2.75, 3.05) is 0 Å². The lowest BCUT2D eigenvalue weighted by Gasteiger charge is -2.00. The van der Waals surface area contributed by atoms with Crippen LogP contribution in [0.3, 0.4) is 0 Å². The van der Waals surface area contributed by atoms with Gasteiger partial charge in [-0.1, -0.05) is 13.8 Å². The van der Waals surface area contributed by atoms with E-state index >= 15 is 0 Å². The molecule has 0 fully saturated rings. The van der Waals surface area contributed by atoms with Gasteiger partial charge in [0.2, 0.25) is 5.12 Å². The molecule has 0 aliphatic carbocycles. The van der Waals surface area contributed by atoms with Crippen molar-refractivity contribution in [1.29, 1.82) is 0 Å². The van der Waals surface area contributed by atoms with E-state index in [-0.39, 0.29) is 17.0 Å². The molecule has 0 aliphatic rings. The molecule has 3 nitrogen and oxygen atoms in total. The Balaban J connectivity index is 3.50. The Morgan fingerprint density at radius 1 is 1.40 bits per heavy atom. The summed E-state index contributed by atoms with van der Waals surface area (Å²) in [5.41, 5.74) is 0. The van der Waals surface area contributed by atoms with Crippen LogP contribution in [0.1, 0.15) is 20.8 Å². The minimum atomic E-state index is -0.361. The van der Waals surface area contributed by atoms with E-state index < -0.39 is 0 Å². The van der Waals surface area contributed by atoms with E-state index in [0.29, 0.717) is 12.0 Å². The number of rotatable bonds is 1. The molecular weight excluding hydrogens is 152 g/mol. The van der Waals surface area contributed by atoms with Crippen molar-refractivity contribution in [3.8, 4) is 0 Å². The number of hydrogen-bond acceptors (Lipinski definition) is 4. The number of carbonyl (C=O) groups is 2. The van der Waals surface area contributed by atoms with Gasteiger partial charge in [0, 0.05) is 6.92 Å². The second-order valence-corrected chi connectivity index (χ2v) is 3.04. The Labute approximate surface area is 64.3 Å². The quantitative estimate of drug-likeness (QED) is 0.546. The molecule has 58 valence electrons. The molecule has 0 atom stereocenters. The molecule has 0 N–H and O–H groups in total. The smallest absolute Gasteiger partial charge is 0.320 e. The molecule has 0 heterocycles. The Kier molecular flexibility index (Phi) is 4.11. The molecule has 0 radical (unpaired) electrons. The normalized spacial score (nSPS) is 9.60. The number of carbonyl (C=O) groups excluding carboxylic acids is 2. The van der Waals surface area contributed by atoms with Crippen LogP contribution in [0.25, 0.3) is 0 Å². The first-order chi connectivity index (χ1) is 4.54. The molecule has 0 amide bonds. The fourth-order valence-electron chi connectivity index (χ4n) is 0.196. The molecule has 0 rings (SSSR count). The van der Waals surface area contributed by atoms with Gasteiger partial charge in [0.25, 0.3) is 0 Å². The highest BCUT2D eigenvalue weighted by atomic mass is 32.2. The van der Waals surface area contributed by atoms with E-state index in [1.54, 1.807) is 13.8 Å². The van der Waals surface area contributed by atoms with Crippen LogP contribution in [0.4, 0.5) is 0 Å². The predicted octanol–water partition coefficient (Wildman–Crippen LogP) is 1.38. The summed E-state index contributed by atoms with van der Waals surface area (Å²) in [6.45, 7) is 4.77. The molecule has 0 aromatic carbocycles. The van der Waals surface area contributed by atoms with E-state index in [0.717, 1.165) is 0 Å². The van der Waals surface area contributed by atoms with Crippen molar-refractivity contribution < 1.29 is 13.8 Å². The molecule has 0 bridgehead atoms. The maximum absolute atomic E-state index is 10.7. The van der Waals surface area contributed by atoms with Crippen LogP contribution in [-0.4, -0.2) is 11.1 Å². The van der Waals surface area contributed by atoms with E-state index in [1.165, 1.54) is 6.92 Å². The molecule has 10 heavy (non-hydrogen) atoms. The third kappa shape index (κ3) is 4.38. The highest BCUT2D eigenvalue weighted by Gasteiger charge is 2.09. The molecule has 4 heteroatoms. The van der Waals surface area contributed by atoms with Gasteiger partial charge < -0.3 is 4.18 Å². The minimum Gasteiger partial charge on any atom is -0.383 e. The Morgan fingerprint density at radius 2 is 1.90 bits per heavy atom. The van der Waals surface area contributed by atoms with Crippen molar-refractivity contribution in [3.05, 3.63) is 0 Å². The zero-order valence-corrected chi connectivity index (χ0v) is 7.03. The average Bonchev–Trinajstić information content (AvgIpc) is 1.82. The van der Waals surface area contributed by atoms with Gasteiger partial charge >= 0.3 is 5.97 Å². The van der Waals surface area contributed by atoms with Gasteiger partial charge in [0.05, 0.1) is 5.92 Å². The first-order valence-corrected chi connectivity index (χ1v) is 3.67. The van der Waals surface area contributed by atoms with Crippen LogP contribution in [0, 0.1) is 5.92 Å². The fraction of sp³-hybridized carbons (Fsp3) is 0.667. The first-order valence-electron chi connectivity index (χ1n) is 2.93. The van der Waals surface area contributed by atoms with Crippen LogP contribution < -0.4 is 0 Å². The van der Waals surface area contributed by atoms with Crippen molar-refractivity contribution in [1.82, 2.24) is 0 Å². The minimum absolute atomic E-state index is 0.174. The van der Waals surface area contributed by atoms with Crippen LogP contribution in [0.2, 0.25) is 0 Å². The predicted molar refractivity (Wildman–Crippen MR) is 39.2 cm³/mol. The monoisotopic (exact) mass is 162 g/mol. The van der Waals surface area contributed by atoms with E-state index in [1.807, 2.05) is 0 Å². The van der Waals surface area contributed by atoms with Crippen molar-refractivity contribution in [2.24, 2.45) is 5.92 Å². The Hall–Kier alpha value is -0.510.